The maximum absolute atomic E-state index is 11.7. The number of aromatic nitrogens is 1. The summed E-state index contributed by atoms with van der Waals surface area (Å²) in [6, 6.07) is 6.03. The average molecular weight is 283 g/mol. The van der Waals surface area contributed by atoms with Crippen LogP contribution in [0.15, 0.2) is 30.5 Å². The van der Waals surface area contributed by atoms with Crippen molar-refractivity contribution >= 4 is 40.6 Å². The number of carboxylic acid groups (broad SMARTS) is 1. The van der Waals surface area contributed by atoms with E-state index < -0.39 is 5.97 Å². The van der Waals surface area contributed by atoms with Gasteiger partial charge in [0.1, 0.15) is 5.82 Å². The molecule has 0 bridgehead atoms. The molecule has 0 unspecified atom stereocenters. The van der Waals surface area contributed by atoms with Crippen LogP contribution in [0.2, 0.25) is 4.34 Å². The van der Waals surface area contributed by atoms with E-state index >= 15 is 0 Å². The maximum atomic E-state index is 11.7. The van der Waals surface area contributed by atoms with Gasteiger partial charge in [0.05, 0.1) is 14.8 Å². The van der Waals surface area contributed by atoms with Gasteiger partial charge in [0.25, 0.3) is 5.91 Å². The Morgan fingerprint density at radius 1 is 1.28 bits per heavy atom. The summed E-state index contributed by atoms with van der Waals surface area (Å²) in [6.07, 6.45) is 1.18. The first kappa shape index (κ1) is 12.5. The second kappa shape index (κ2) is 5.16. The van der Waals surface area contributed by atoms with Crippen LogP contribution >= 0.6 is 22.9 Å². The Bertz CT molecular complexity index is 595. The van der Waals surface area contributed by atoms with Crippen LogP contribution in [0.4, 0.5) is 5.82 Å². The molecule has 0 spiro atoms. The molecule has 0 aromatic carbocycles. The van der Waals surface area contributed by atoms with Crippen LogP contribution in [0.3, 0.4) is 0 Å². The lowest BCUT2D eigenvalue weighted by Crippen LogP contribution is -2.11. The number of hydrogen-bond donors (Lipinski definition) is 2. The topological polar surface area (TPSA) is 79.3 Å². The van der Waals surface area contributed by atoms with E-state index in [1.165, 1.54) is 18.3 Å². The van der Waals surface area contributed by atoms with E-state index in [0.717, 1.165) is 11.3 Å². The summed E-state index contributed by atoms with van der Waals surface area (Å²) in [6.45, 7) is 0. The van der Waals surface area contributed by atoms with E-state index in [4.69, 9.17) is 16.7 Å². The van der Waals surface area contributed by atoms with Crippen molar-refractivity contribution in [2.45, 2.75) is 0 Å². The van der Waals surface area contributed by atoms with Crippen LogP contribution in [-0.2, 0) is 0 Å². The summed E-state index contributed by atoms with van der Waals surface area (Å²) in [5, 5.41) is 11.2. The van der Waals surface area contributed by atoms with Gasteiger partial charge in [0.2, 0.25) is 0 Å². The molecule has 18 heavy (non-hydrogen) atoms. The smallest absolute Gasteiger partial charge is 0.337 e. The molecule has 2 aromatic heterocycles. The number of hydrogen-bond acceptors (Lipinski definition) is 4. The van der Waals surface area contributed by atoms with Crippen molar-refractivity contribution in [2.75, 3.05) is 5.32 Å². The first-order chi connectivity index (χ1) is 8.56. The molecule has 92 valence electrons. The zero-order chi connectivity index (χ0) is 13.1. The summed E-state index contributed by atoms with van der Waals surface area (Å²) in [5.74, 6) is -1.11. The Balaban J connectivity index is 2.10. The summed E-state index contributed by atoms with van der Waals surface area (Å²) >= 11 is 6.88. The van der Waals surface area contributed by atoms with Crippen LogP contribution in [-0.4, -0.2) is 22.0 Å². The summed E-state index contributed by atoms with van der Waals surface area (Å²) in [4.78, 5) is 26.6. The van der Waals surface area contributed by atoms with Crippen molar-refractivity contribution in [2.24, 2.45) is 0 Å². The van der Waals surface area contributed by atoms with Crippen LogP contribution in [0.1, 0.15) is 20.0 Å². The highest BCUT2D eigenvalue weighted by atomic mass is 35.5. The third kappa shape index (κ3) is 2.85. The Labute approximate surface area is 111 Å². The van der Waals surface area contributed by atoms with E-state index in [9.17, 15) is 9.59 Å². The molecule has 2 heterocycles. The minimum Gasteiger partial charge on any atom is -0.478 e. The second-order valence-electron chi connectivity index (χ2n) is 3.30. The Hall–Kier alpha value is -1.92. The minimum atomic E-state index is -1.06. The van der Waals surface area contributed by atoms with Crippen molar-refractivity contribution in [3.05, 3.63) is 45.2 Å². The first-order valence-electron chi connectivity index (χ1n) is 4.82. The van der Waals surface area contributed by atoms with E-state index in [2.05, 4.69) is 10.3 Å². The van der Waals surface area contributed by atoms with Crippen molar-refractivity contribution in [3.8, 4) is 0 Å². The lowest BCUT2D eigenvalue weighted by molar-refractivity contribution is 0.0696. The number of rotatable bonds is 3. The molecule has 5 nitrogen and oxygen atoms in total. The molecule has 7 heteroatoms. The summed E-state index contributed by atoms with van der Waals surface area (Å²) in [5.41, 5.74) is 0.0622. The fourth-order valence-corrected chi connectivity index (χ4v) is 2.15. The number of carboxylic acids is 1. The normalized spacial score (nSPS) is 10.1. The maximum Gasteiger partial charge on any atom is 0.337 e. The molecule has 1 amide bonds. The van der Waals surface area contributed by atoms with Gasteiger partial charge in [-0.25, -0.2) is 9.78 Å². The number of carbonyl (C=O) groups is 2. The van der Waals surface area contributed by atoms with Crippen molar-refractivity contribution < 1.29 is 14.7 Å². The van der Waals surface area contributed by atoms with E-state index in [1.54, 1.807) is 12.1 Å². The molecule has 0 saturated heterocycles. The van der Waals surface area contributed by atoms with Gasteiger partial charge in [-0.15, -0.1) is 11.3 Å². The molecule has 0 aliphatic rings. The van der Waals surface area contributed by atoms with Gasteiger partial charge < -0.3 is 10.4 Å². The van der Waals surface area contributed by atoms with E-state index in [1.807, 2.05) is 0 Å². The average Bonchev–Trinajstić information content (AvgIpc) is 2.76. The second-order valence-corrected chi connectivity index (χ2v) is 5.01. The van der Waals surface area contributed by atoms with Gasteiger partial charge in [-0.05, 0) is 24.3 Å². The monoisotopic (exact) mass is 282 g/mol. The highest BCUT2D eigenvalue weighted by Crippen LogP contribution is 2.22. The van der Waals surface area contributed by atoms with Gasteiger partial charge >= 0.3 is 5.97 Å². The van der Waals surface area contributed by atoms with Crippen molar-refractivity contribution in [3.63, 3.8) is 0 Å². The number of amides is 1. The molecule has 0 aliphatic carbocycles. The molecular formula is C11H7ClN2O3S. The summed E-state index contributed by atoms with van der Waals surface area (Å²) < 4.78 is 0.523. The van der Waals surface area contributed by atoms with Gasteiger partial charge in [-0.1, -0.05) is 11.6 Å². The predicted molar refractivity (Wildman–Crippen MR) is 68.5 cm³/mol. The molecule has 2 N–H and O–H groups in total. The fraction of sp³-hybridized carbons (Fsp3) is 0. The van der Waals surface area contributed by atoms with Gasteiger partial charge in [0.15, 0.2) is 0 Å². The molecule has 0 radical (unpaired) electrons. The zero-order valence-electron chi connectivity index (χ0n) is 8.88. The zero-order valence-corrected chi connectivity index (χ0v) is 10.5. The highest BCUT2D eigenvalue weighted by molar-refractivity contribution is 7.18. The first-order valence-corrected chi connectivity index (χ1v) is 6.02. The fourth-order valence-electron chi connectivity index (χ4n) is 1.21. The Morgan fingerprint density at radius 3 is 2.56 bits per heavy atom. The van der Waals surface area contributed by atoms with Gasteiger partial charge in [-0.2, -0.15) is 0 Å². The lowest BCUT2D eigenvalue weighted by atomic mass is 10.3. The van der Waals surface area contributed by atoms with Crippen molar-refractivity contribution in [1.29, 1.82) is 0 Å². The quantitative estimate of drug-likeness (QED) is 0.907. The number of aromatic carboxylic acids is 1. The van der Waals surface area contributed by atoms with Crippen molar-refractivity contribution in [1.82, 2.24) is 4.98 Å². The van der Waals surface area contributed by atoms with Crippen LogP contribution in [0.5, 0.6) is 0 Å². The van der Waals surface area contributed by atoms with E-state index in [-0.39, 0.29) is 17.3 Å². The van der Waals surface area contributed by atoms with Crippen LogP contribution in [0, 0.1) is 0 Å². The molecule has 0 fully saturated rings. The predicted octanol–water partition coefficient (Wildman–Crippen LogP) is 2.75. The van der Waals surface area contributed by atoms with Crippen LogP contribution < -0.4 is 5.32 Å². The standard InChI is InChI=1S/C11H7ClN2O3S/c12-8-3-2-7(18-8)10(15)14-9-4-1-6(5-13-9)11(16)17/h1-5H,(H,16,17)(H,13,14,15). The third-order valence-electron chi connectivity index (χ3n) is 2.05. The largest absolute Gasteiger partial charge is 0.478 e. The van der Waals surface area contributed by atoms with Crippen LogP contribution in [0.25, 0.3) is 0 Å². The molecule has 0 atom stereocenters. The number of halogens is 1. The Kier molecular flexibility index (Phi) is 3.59. The molecule has 2 rings (SSSR count). The molecule has 2 aromatic rings. The number of pyridine rings is 1. The lowest BCUT2D eigenvalue weighted by Gasteiger charge is -2.02. The number of carbonyl (C=O) groups excluding carboxylic acids is 1. The molecular weight excluding hydrogens is 276 g/mol. The summed E-state index contributed by atoms with van der Waals surface area (Å²) in [7, 11) is 0. The number of nitrogens with zero attached hydrogens (tertiary/aromatic N) is 1. The number of nitrogens with one attached hydrogen (secondary N) is 1. The Morgan fingerprint density at radius 2 is 2.06 bits per heavy atom. The SMILES string of the molecule is O=C(O)c1ccc(NC(=O)c2ccc(Cl)s2)nc1. The molecule has 0 saturated carbocycles. The highest BCUT2D eigenvalue weighted by Gasteiger charge is 2.10. The van der Waals surface area contributed by atoms with E-state index in [0.29, 0.717) is 9.21 Å². The molecule has 0 aliphatic heterocycles. The number of thiophene rings is 1. The minimum absolute atomic E-state index is 0.0622. The van der Waals surface area contributed by atoms with Gasteiger partial charge in [0, 0.05) is 6.20 Å². The third-order valence-corrected chi connectivity index (χ3v) is 3.28. The van der Waals surface area contributed by atoms with Gasteiger partial charge in [-0.3, -0.25) is 4.79 Å². The number of anilines is 1.